The van der Waals surface area contributed by atoms with Crippen molar-refractivity contribution in [3.8, 4) is 0 Å². The second-order valence-electron chi connectivity index (χ2n) is 8.72. The number of nitrogens with two attached hydrogens (primary N) is 1. The third kappa shape index (κ3) is 5.55. The van der Waals surface area contributed by atoms with Gasteiger partial charge in [0.15, 0.2) is 0 Å². The molecule has 5 heteroatoms. The number of aryl methyl sites for hydroxylation is 1. The lowest BCUT2D eigenvalue weighted by molar-refractivity contribution is -0.253. The predicted octanol–water partition coefficient (Wildman–Crippen LogP) is 5.31. The topological polar surface area (TPSA) is 61.5 Å². The van der Waals surface area contributed by atoms with Gasteiger partial charge < -0.3 is 15.2 Å². The number of hydrogen-bond donors (Lipinski definition) is 1. The molecule has 1 saturated heterocycles. The Morgan fingerprint density at radius 2 is 1.72 bits per heavy atom. The number of benzene rings is 2. The maximum atomic E-state index is 13.0. The largest absolute Gasteiger partial charge is 0.435 e. The quantitative estimate of drug-likeness (QED) is 0.395. The van der Waals surface area contributed by atoms with Crippen LogP contribution in [0.5, 0.6) is 0 Å². The van der Waals surface area contributed by atoms with Crippen molar-refractivity contribution in [2.75, 3.05) is 5.73 Å². The number of nitrogen functional groups attached to an aromatic ring is 1. The minimum atomic E-state index is -0.525. The van der Waals surface area contributed by atoms with E-state index in [0.717, 1.165) is 23.4 Å². The van der Waals surface area contributed by atoms with E-state index in [1.165, 1.54) is 5.56 Å². The number of esters is 1. The summed E-state index contributed by atoms with van der Waals surface area (Å²) in [6.45, 7) is 8.03. The highest BCUT2D eigenvalue weighted by Gasteiger charge is 2.45. The molecule has 1 aliphatic heterocycles. The smallest absolute Gasteiger partial charge is 0.315 e. The molecule has 1 unspecified atom stereocenters. The molecule has 4 atom stereocenters. The zero-order valence-electron chi connectivity index (χ0n) is 17.6. The fraction of sp³-hybridized carbons (Fsp3) is 0.458. The fourth-order valence-corrected chi connectivity index (χ4v) is 4.94. The van der Waals surface area contributed by atoms with E-state index in [2.05, 4.69) is 12.1 Å². The van der Waals surface area contributed by atoms with E-state index in [1.807, 2.05) is 70.2 Å². The summed E-state index contributed by atoms with van der Waals surface area (Å²) in [5, 5.41) is 0.00308. The average Bonchev–Trinajstić information content (AvgIpc) is 2.67. The van der Waals surface area contributed by atoms with E-state index >= 15 is 0 Å². The van der Waals surface area contributed by atoms with Crippen LogP contribution in [0.25, 0.3) is 0 Å². The summed E-state index contributed by atoms with van der Waals surface area (Å²) >= 11 is 1.65. The summed E-state index contributed by atoms with van der Waals surface area (Å²) in [5.74, 6) is -0.523. The summed E-state index contributed by atoms with van der Waals surface area (Å²) in [4.78, 5) is 14.0. The van der Waals surface area contributed by atoms with Crippen molar-refractivity contribution in [1.29, 1.82) is 0 Å². The first-order valence-corrected chi connectivity index (χ1v) is 11.0. The van der Waals surface area contributed by atoms with Crippen molar-refractivity contribution in [2.24, 2.45) is 11.3 Å². The lowest BCUT2D eigenvalue weighted by atomic mass is 9.90. The molecule has 2 aromatic rings. The first-order valence-electron chi connectivity index (χ1n) is 10.2. The number of hydrogen-bond acceptors (Lipinski definition) is 5. The number of para-hydroxylation sites is 1. The number of carbonyl (C=O) groups excluding carboxylic acids is 1. The molecule has 0 amide bonds. The van der Waals surface area contributed by atoms with E-state index in [0.29, 0.717) is 0 Å². The van der Waals surface area contributed by atoms with Gasteiger partial charge >= 0.3 is 5.97 Å². The second-order valence-corrected chi connectivity index (χ2v) is 10.0. The number of anilines is 1. The highest BCUT2D eigenvalue weighted by molar-refractivity contribution is 8.00. The minimum Gasteiger partial charge on any atom is -0.435 e. The summed E-state index contributed by atoms with van der Waals surface area (Å²) in [6, 6.07) is 18.1. The number of thioether (sulfide) groups is 1. The first-order chi connectivity index (χ1) is 13.8. The monoisotopic (exact) mass is 413 g/mol. The highest BCUT2D eigenvalue weighted by Crippen LogP contribution is 2.40. The maximum Gasteiger partial charge on any atom is 0.315 e. The Hall–Kier alpha value is -1.98. The van der Waals surface area contributed by atoms with Crippen LogP contribution in [0.3, 0.4) is 0 Å². The van der Waals surface area contributed by atoms with Crippen molar-refractivity contribution in [2.45, 2.75) is 63.1 Å². The molecule has 2 N–H and O–H groups in total. The van der Waals surface area contributed by atoms with Gasteiger partial charge in [-0.3, -0.25) is 4.79 Å². The molecule has 3 rings (SSSR count). The van der Waals surface area contributed by atoms with Crippen LogP contribution in [0.15, 0.2) is 59.5 Å². The molecular formula is C24H31NO3S. The van der Waals surface area contributed by atoms with Gasteiger partial charge in [0.25, 0.3) is 0 Å². The number of cyclic esters (lactones) is 1. The summed E-state index contributed by atoms with van der Waals surface area (Å²) in [5.41, 5.74) is 7.91. The molecule has 2 aromatic carbocycles. The van der Waals surface area contributed by atoms with Gasteiger partial charge in [-0.2, -0.15) is 0 Å². The molecule has 156 valence electrons. The highest BCUT2D eigenvalue weighted by atomic mass is 32.2. The molecule has 0 radical (unpaired) electrons. The second kappa shape index (κ2) is 9.23. The fourth-order valence-electron chi connectivity index (χ4n) is 3.53. The van der Waals surface area contributed by atoms with Crippen molar-refractivity contribution < 1.29 is 14.3 Å². The molecule has 29 heavy (non-hydrogen) atoms. The van der Waals surface area contributed by atoms with Gasteiger partial charge in [0.2, 0.25) is 6.29 Å². The van der Waals surface area contributed by atoms with E-state index in [1.54, 1.807) is 11.8 Å². The molecule has 1 aliphatic rings. The lowest BCUT2D eigenvalue weighted by Gasteiger charge is -2.41. The van der Waals surface area contributed by atoms with Crippen LogP contribution in [0.1, 0.15) is 39.7 Å². The van der Waals surface area contributed by atoms with Crippen LogP contribution < -0.4 is 5.73 Å². The maximum absolute atomic E-state index is 13.0. The third-order valence-electron chi connectivity index (χ3n) is 5.20. The van der Waals surface area contributed by atoms with E-state index in [9.17, 15) is 4.79 Å². The Kier molecular flexibility index (Phi) is 6.91. The minimum absolute atomic E-state index is 0.00308. The molecule has 4 nitrogen and oxygen atoms in total. The van der Waals surface area contributed by atoms with Crippen molar-refractivity contribution in [1.82, 2.24) is 0 Å². The van der Waals surface area contributed by atoms with Gasteiger partial charge in [-0.1, -0.05) is 63.2 Å². The normalized spacial score (nSPS) is 23.4. The standard InChI is InChI=1S/C24H31NO3S/c1-16-21(22(26)28-23(27-16)24(2,3)4)20(15-14-17-10-6-5-7-11-17)29-19-13-9-8-12-18(19)25/h5-13,16,20-21,23H,14-15,25H2,1-4H3/t16-,20+,21?,23-/m1/s1. The van der Waals surface area contributed by atoms with Crippen molar-refractivity contribution >= 4 is 23.4 Å². The number of ether oxygens (including phenoxy) is 2. The molecule has 0 aliphatic carbocycles. The van der Waals surface area contributed by atoms with E-state index < -0.39 is 6.29 Å². The molecule has 1 heterocycles. The van der Waals surface area contributed by atoms with Gasteiger partial charge in [-0.25, -0.2) is 0 Å². The Labute approximate surface area is 178 Å². The predicted molar refractivity (Wildman–Crippen MR) is 119 cm³/mol. The van der Waals surface area contributed by atoms with Gasteiger partial charge in [0.1, 0.15) is 0 Å². The van der Waals surface area contributed by atoms with Gasteiger partial charge in [0.05, 0.1) is 12.0 Å². The lowest BCUT2D eigenvalue weighted by Crippen LogP contribution is -2.50. The third-order valence-corrected chi connectivity index (χ3v) is 6.66. The zero-order chi connectivity index (χ0) is 21.0. The zero-order valence-corrected chi connectivity index (χ0v) is 18.4. The Morgan fingerprint density at radius 3 is 2.34 bits per heavy atom. The van der Waals surface area contributed by atoms with Gasteiger partial charge in [-0.05, 0) is 37.5 Å². The average molecular weight is 414 g/mol. The molecule has 0 saturated carbocycles. The van der Waals surface area contributed by atoms with E-state index in [4.69, 9.17) is 15.2 Å². The molecule has 0 spiro atoms. The van der Waals surface area contributed by atoms with Crippen LogP contribution in [-0.2, 0) is 20.7 Å². The van der Waals surface area contributed by atoms with Gasteiger partial charge in [-0.15, -0.1) is 11.8 Å². The molecular weight excluding hydrogens is 382 g/mol. The number of rotatable bonds is 6. The Morgan fingerprint density at radius 1 is 1.07 bits per heavy atom. The summed E-state index contributed by atoms with van der Waals surface area (Å²) in [7, 11) is 0. The summed E-state index contributed by atoms with van der Waals surface area (Å²) in [6.07, 6.45) is 0.961. The Bertz CT molecular complexity index is 818. The molecule has 0 aromatic heterocycles. The van der Waals surface area contributed by atoms with Crippen LogP contribution >= 0.6 is 11.8 Å². The first kappa shape index (κ1) is 21.7. The van der Waals surface area contributed by atoms with Crippen molar-refractivity contribution in [3.05, 3.63) is 60.2 Å². The van der Waals surface area contributed by atoms with Crippen LogP contribution in [0.2, 0.25) is 0 Å². The van der Waals surface area contributed by atoms with Crippen LogP contribution in [0.4, 0.5) is 5.69 Å². The molecule has 1 fully saturated rings. The summed E-state index contributed by atoms with van der Waals surface area (Å²) < 4.78 is 11.9. The number of carbonyl (C=O) groups is 1. The molecule has 0 bridgehead atoms. The van der Waals surface area contributed by atoms with Gasteiger partial charge in [0, 0.05) is 21.2 Å². The van der Waals surface area contributed by atoms with Crippen molar-refractivity contribution in [3.63, 3.8) is 0 Å². The van der Waals surface area contributed by atoms with Crippen LogP contribution in [0, 0.1) is 11.3 Å². The Balaban J connectivity index is 1.81. The van der Waals surface area contributed by atoms with E-state index in [-0.39, 0.29) is 28.7 Å². The SMILES string of the molecule is C[C@H]1O[C@@H](C(C)(C)C)OC(=O)C1[C@H](CCc1ccccc1)Sc1ccccc1N. The van der Waals surface area contributed by atoms with Crippen LogP contribution in [-0.4, -0.2) is 23.6 Å².